The summed E-state index contributed by atoms with van der Waals surface area (Å²) in [5, 5.41) is 3.41. The average Bonchev–Trinajstić information content (AvgIpc) is 2.83. The number of aromatic nitrogens is 2. The Balaban J connectivity index is 1.58. The SMILES string of the molecule is CN(C)c1cccc(Nc2nc(-c3ccccc3)cc(C3CCN(C(=O)OC(C)(C)C)CC3)n2)c1. The lowest BCUT2D eigenvalue weighted by atomic mass is 9.92. The van der Waals surface area contributed by atoms with Crippen molar-refractivity contribution in [3.63, 3.8) is 0 Å². The van der Waals surface area contributed by atoms with Gasteiger partial charge in [-0.05, 0) is 57.9 Å². The molecule has 1 aliphatic rings. The Labute approximate surface area is 208 Å². The van der Waals surface area contributed by atoms with Gasteiger partial charge in [-0.3, -0.25) is 0 Å². The van der Waals surface area contributed by atoms with E-state index < -0.39 is 5.60 Å². The van der Waals surface area contributed by atoms with Gasteiger partial charge in [-0.15, -0.1) is 0 Å². The van der Waals surface area contributed by atoms with Crippen LogP contribution in [-0.4, -0.2) is 53.7 Å². The molecule has 7 nitrogen and oxygen atoms in total. The number of piperidine rings is 1. The first kappa shape index (κ1) is 24.5. The smallest absolute Gasteiger partial charge is 0.410 e. The molecule has 184 valence electrons. The second kappa shape index (κ2) is 10.3. The van der Waals surface area contributed by atoms with Gasteiger partial charge in [-0.25, -0.2) is 14.8 Å². The number of anilines is 3. The highest BCUT2D eigenvalue weighted by atomic mass is 16.6. The molecule has 1 fully saturated rings. The zero-order valence-corrected chi connectivity index (χ0v) is 21.3. The molecule has 0 radical (unpaired) electrons. The van der Waals surface area contributed by atoms with Crippen LogP contribution in [0.5, 0.6) is 0 Å². The summed E-state index contributed by atoms with van der Waals surface area (Å²) in [5.74, 6) is 0.819. The van der Waals surface area contributed by atoms with Crippen LogP contribution >= 0.6 is 0 Å². The van der Waals surface area contributed by atoms with Gasteiger partial charge >= 0.3 is 6.09 Å². The number of rotatable bonds is 5. The van der Waals surface area contributed by atoms with Gasteiger partial charge in [0, 0.05) is 55.7 Å². The van der Waals surface area contributed by atoms with Gasteiger partial charge in [-0.2, -0.15) is 0 Å². The molecule has 1 N–H and O–H groups in total. The molecular formula is C28H35N5O2. The van der Waals surface area contributed by atoms with E-state index in [1.807, 2.05) is 65.2 Å². The maximum absolute atomic E-state index is 12.5. The van der Waals surface area contributed by atoms with Crippen molar-refractivity contribution in [2.24, 2.45) is 0 Å². The van der Waals surface area contributed by atoms with Crippen LogP contribution in [0.2, 0.25) is 0 Å². The zero-order chi connectivity index (χ0) is 25.0. The molecule has 2 aromatic carbocycles. The maximum Gasteiger partial charge on any atom is 0.410 e. The minimum atomic E-state index is -0.490. The molecule has 1 aromatic heterocycles. The van der Waals surface area contributed by atoms with Crippen LogP contribution in [-0.2, 0) is 4.74 Å². The molecule has 4 rings (SSSR count). The minimum Gasteiger partial charge on any atom is -0.444 e. The molecule has 1 aliphatic heterocycles. The van der Waals surface area contributed by atoms with Crippen LogP contribution in [0.4, 0.5) is 22.1 Å². The van der Waals surface area contributed by atoms with Gasteiger partial charge in [0.05, 0.1) is 5.69 Å². The Bertz CT molecular complexity index is 1150. The Morgan fingerprint density at radius 2 is 1.71 bits per heavy atom. The van der Waals surface area contributed by atoms with E-state index in [0.717, 1.165) is 41.2 Å². The topological polar surface area (TPSA) is 70.6 Å². The molecule has 0 bridgehead atoms. The number of nitrogens with zero attached hydrogens (tertiary/aromatic N) is 4. The van der Waals surface area contributed by atoms with E-state index in [9.17, 15) is 4.79 Å². The number of likely N-dealkylation sites (tertiary alicyclic amines) is 1. The van der Waals surface area contributed by atoms with Crippen molar-refractivity contribution in [3.8, 4) is 11.3 Å². The van der Waals surface area contributed by atoms with Gasteiger partial charge in [0.15, 0.2) is 0 Å². The van der Waals surface area contributed by atoms with Crippen LogP contribution in [0.1, 0.15) is 45.2 Å². The lowest BCUT2D eigenvalue weighted by molar-refractivity contribution is 0.0204. The highest BCUT2D eigenvalue weighted by molar-refractivity contribution is 5.68. The van der Waals surface area contributed by atoms with E-state index in [1.54, 1.807) is 4.90 Å². The van der Waals surface area contributed by atoms with E-state index in [1.165, 1.54) is 0 Å². The molecule has 1 amide bonds. The van der Waals surface area contributed by atoms with Crippen LogP contribution in [0.15, 0.2) is 60.7 Å². The highest BCUT2D eigenvalue weighted by Crippen LogP contribution is 2.31. The monoisotopic (exact) mass is 473 g/mol. The van der Waals surface area contributed by atoms with E-state index in [-0.39, 0.29) is 12.0 Å². The first-order chi connectivity index (χ1) is 16.7. The second-order valence-corrected chi connectivity index (χ2v) is 10.2. The summed E-state index contributed by atoms with van der Waals surface area (Å²) in [6.45, 7) is 6.99. The van der Waals surface area contributed by atoms with E-state index in [4.69, 9.17) is 14.7 Å². The van der Waals surface area contributed by atoms with Crippen LogP contribution in [0.25, 0.3) is 11.3 Å². The predicted molar refractivity (Wildman–Crippen MR) is 141 cm³/mol. The van der Waals surface area contributed by atoms with E-state index >= 15 is 0 Å². The van der Waals surface area contributed by atoms with Gasteiger partial charge in [0.2, 0.25) is 5.95 Å². The first-order valence-electron chi connectivity index (χ1n) is 12.1. The lowest BCUT2D eigenvalue weighted by Crippen LogP contribution is -2.41. The third kappa shape index (κ3) is 6.50. The van der Waals surface area contributed by atoms with Gasteiger partial charge in [-0.1, -0.05) is 36.4 Å². The summed E-state index contributed by atoms with van der Waals surface area (Å²) >= 11 is 0. The van der Waals surface area contributed by atoms with Crippen LogP contribution in [0.3, 0.4) is 0 Å². The molecular weight excluding hydrogens is 438 g/mol. The molecule has 0 spiro atoms. The fourth-order valence-electron chi connectivity index (χ4n) is 4.16. The molecule has 0 atom stereocenters. The van der Waals surface area contributed by atoms with Crippen molar-refractivity contribution >= 4 is 23.4 Å². The number of hydrogen-bond acceptors (Lipinski definition) is 6. The fraction of sp³-hybridized carbons (Fsp3) is 0.393. The number of nitrogens with one attached hydrogen (secondary N) is 1. The molecule has 2 heterocycles. The minimum absolute atomic E-state index is 0.243. The van der Waals surface area contributed by atoms with Crippen molar-refractivity contribution < 1.29 is 9.53 Å². The average molecular weight is 474 g/mol. The first-order valence-corrected chi connectivity index (χ1v) is 12.1. The summed E-state index contributed by atoms with van der Waals surface area (Å²) < 4.78 is 5.55. The number of amides is 1. The third-order valence-corrected chi connectivity index (χ3v) is 6.00. The molecule has 35 heavy (non-hydrogen) atoms. The number of carbonyl (C=O) groups excluding carboxylic acids is 1. The van der Waals surface area contributed by atoms with Gasteiger partial charge in [0.1, 0.15) is 5.60 Å². The summed E-state index contributed by atoms with van der Waals surface area (Å²) in [6, 6.07) is 20.4. The summed E-state index contributed by atoms with van der Waals surface area (Å²) in [5.41, 5.74) is 4.48. The lowest BCUT2D eigenvalue weighted by Gasteiger charge is -2.33. The Morgan fingerprint density at radius 3 is 2.37 bits per heavy atom. The standard InChI is InChI=1S/C28H35N5O2/c1-28(2,3)35-27(34)33-16-14-21(15-17-33)25-19-24(20-10-7-6-8-11-20)30-26(31-25)29-22-12-9-13-23(18-22)32(4)5/h6-13,18-19,21H,14-17H2,1-5H3,(H,29,30,31). The van der Waals surface area contributed by atoms with Crippen LogP contribution in [0, 0.1) is 0 Å². The number of hydrogen-bond donors (Lipinski definition) is 1. The third-order valence-electron chi connectivity index (χ3n) is 6.00. The van der Waals surface area contributed by atoms with Gasteiger partial charge < -0.3 is 19.9 Å². The number of ether oxygens (including phenoxy) is 1. The summed E-state index contributed by atoms with van der Waals surface area (Å²) in [7, 11) is 4.04. The van der Waals surface area contributed by atoms with Crippen LogP contribution < -0.4 is 10.2 Å². The predicted octanol–water partition coefficient (Wildman–Crippen LogP) is 6.07. The number of carbonyl (C=O) groups is 1. The summed E-state index contributed by atoms with van der Waals surface area (Å²) in [6.07, 6.45) is 1.42. The molecule has 0 saturated carbocycles. The molecule has 0 aliphatic carbocycles. The molecule has 1 saturated heterocycles. The molecule has 3 aromatic rings. The van der Waals surface area contributed by atoms with Crippen molar-refractivity contribution in [1.29, 1.82) is 0 Å². The molecule has 7 heteroatoms. The zero-order valence-electron chi connectivity index (χ0n) is 21.3. The van der Waals surface area contributed by atoms with Crippen molar-refractivity contribution in [3.05, 3.63) is 66.4 Å². The largest absolute Gasteiger partial charge is 0.444 e. The Hall–Kier alpha value is -3.61. The van der Waals surface area contributed by atoms with Crippen molar-refractivity contribution in [2.45, 2.75) is 45.1 Å². The second-order valence-electron chi connectivity index (χ2n) is 10.2. The van der Waals surface area contributed by atoms with Gasteiger partial charge in [0.25, 0.3) is 0 Å². The summed E-state index contributed by atoms with van der Waals surface area (Å²) in [4.78, 5) is 26.1. The normalized spacial score (nSPS) is 14.5. The van der Waals surface area contributed by atoms with E-state index in [2.05, 4.69) is 40.5 Å². The quantitative estimate of drug-likeness (QED) is 0.485. The van der Waals surface area contributed by atoms with Crippen molar-refractivity contribution in [2.75, 3.05) is 37.4 Å². The maximum atomic E-state index is 12.5. The van der Waals surface area contributed by atoms with E-state index in [0.29, 0.717) is 19.0 Å². The highest BCUT2D eigenvalue weighted by Gasteiger charge is 2.28. The molecule has 0 unspecified atom stereocenters. The fourth-order valence-corrected chi connectivity index (χ4v) is 4.16. The van der Waals surface area contributed by atoms with Crippen molar-refractivity contribution in [1.82, 2.24) is 14.9 Å². The Morgan fingerprint density at radius 1 is 1.00 bits per heavy atom. The number of benzene rings is 2. The Kier molecular flexibility index (Phi) is 7.24.